The van der Waals surface area contributed by atoms with E-state index in [4.69, 9.17) is 10.8 Å². The molecular formula is C9H21NO. The molecule has 0 saturated carbocycles. The van der Waals surface area contributed by atoms with Crippen LogP contribution in [-0.4, -0.2) is 17.8 Å². The molecule has 0 spiro atoms. The minimum absolute atomic E-state index is 0.0270. The molecule has 0 aromatic rings. The number of aliphatic hydroxyl groups is 1. The van der Waals surface area contributed by atoms with Crippen molar-refractivity contribution in [2.24, 2.45) is 11.1 Å². The van der Waals surface area contributed by atoms with Gasteiger partial charge in [-0.2, -0.15) is 0 Å². The van der Waals surface area contributed by atoms with Gasteiger partial charge in [0.2, 0.25) is 0 Å². The van der Waals surface area contributed by atoms with Crippen LogP contribution < -0.4 is 5.73 Å². The molecule has 2 nitrogen and oxygen atoms in total. The lowest BCUT2D eigenvalue weighted by Crippen LogP contribution is -2.26. The Bertz CT molecular complexity index is 102. The largest absolute Gasteiger partial charge is 0.395 e. The van der Waals surface area contributed by atoms with Crippen LogP contribution in [0, 0.1) is 5.41 Å². The quantitative estimate of drug-likeness (QED) is 0.639. The molecule has 0 aromatic heterocycles. The standard InChI is InChI=1S/C9H21NO/c1-4-9(2,3)6-5-8(10)7-11/h8,11H,4-7,10H2,1-3H3. The van der Waals surface area contributed by atoms with Gasteiger partial charge in [0.05, 0.1) is 6.61 Å². The van der Waals surface area contributed by atoms with Gasteiger partial charge < -0.3 is 10.8 Å². The summed E-state index contributed by atoms with van der Waals surface area (Å²) in [5.74, 6) is 0. The Morgan fingerprint density at radius 2 is 2.00 bits per heavy atom. The van der Waals surface area contributed by atoms with Gasteiger partial charge in [0.25, 0.3) is 0 Å². The molecule has 3 N–H and O–H groups in total. The highest BCUT2D eigenvalue weighted by atomic mass is 16.3. The van der Waals surface area contributed by atoms with Crippen LogP contribution in [0.2, 0.25) is 0 Å². The molecule has 0 radical (unpaired) electrons. The van der Waals surface area contributed by atoms with Crippen molar-refractivity contribution in [2.75, 3.05) is 6.61 Å². The lowest BCUT2D eigenvalue weighted by atomic mass is 9.84. The average Bonchev–Trinajstić information content (AvgIpc) is 2.00. The summed E-state index contributed by atoms with van der Waals surface area (Å²) < 4.78 is 0. The van der Waals surface area contributed by atoms with Crippen LogP contribution in [0.15, 0.2) is 0 Å². The second-order valence-corrected chi connectivity index (χ2v) is 4.00. The van der Waals surface area contributed by atoms with Gasteiger partial charge >= 0.3 is 0 Å². The summed E-state index contributed by atoms with van der Waals surface area (Å²) in [5, 5.41) is 8.68. The van der Waals surface area contributed by atoms with Crippen LogP contribution in [0.25, 0.3) is 0 Å². The van der Waals surface area contributed by atoms with E-state index in [1.807, 2.05) is 0 Å². The number of hydrogen-bond acceptors (Lipinski definition) is 2. The predicted octanol–water partition coefficient (Wildman–Crippen LogP) is 1.52. The Morgan fingerprint density at radius 3 is 2.36 bits per heavy atom. The van der Waals surface area contributed by atoms with Crippen molar-refractivity contribution in [2.45, 2.75) is 46.1 Å². The van der Waals surface area contributed by atoms with Crippen LogP contribution in [0.1, 0.15) is 40.0 Å². The molecular weight excluding hydrogens is 138 g/mol. The van der Waals surface area contributed by atoms with Gasteiger partial charge in [-0.3, -0.25) is 0 Å². The van der Waals surface area contributed by atoms with E-state index < -0.39 is 0 Å². The van der Waals surface area contributed by atoms with Crippen molar-refractivity contribution < 1.29 is 5.11 Å². The molecule has 0 rings (SSSR count). The monoisotopic (exact) mass is 159 g/mol. The topological polar surface area (TPSA) is 46.2 Å². The summed E-state index contributed by atoms with van der Waals surface area (Å²) in [5.41, 5.74) is 5.97. The van der Waals surface area contributed by atoms with Crippen molar-refractivity contribution >= 4 is 0 Å². The molecule has 0 aliphatic rings. The van der Waals surface area contributed by atoms with Gasteiger partial charge in [-0.05, 0) is 18.3 Å². The van der Waals surface area contributed by atoms with Gasteiger partial charge in [0, 0.05) is 6.04 Å². The molecule has 0 aliphatic carbocycles. The highest BCUT2D eigenvalue weighted by molar-refractivity contribution is 4.70. The summed E-state index contributed by atoms with van der Waals surface area (Å²) in [6, 6.07) is -0.0270. The van der Waals surface area contributed by atoms with Crippen molar-refractivity contribution in [3.05, 3.63) is 0 Å². The fourth-order valence-electron chi connectivity index (χ4n) is 0.844. The Labute approximate surface area is 69.8 Å². The minimum Gasteiger partial charge on any atom is -0.395 e. The molecule has 0 amide bonds. The normalized spacial score (nSPS) is 15.0. The van der Waals surface area contributed by atoms with E-state index in [0.717, 1.165) is 12.8 Å². The van der Waals surface area contributed by atoms with E-state index in [9.17, 15) is 0 Å². The third-order valence-corrected chi connectivity index (χ3v) is 2.38. The van der Waals surface area contributed by atoms with Crippen LogP contribution in [0.4, 0.5) is 0 Å². The van der Waals surface area contributed by atoms with Gasteiger partial charge in [-0.15, -0.1) is 0 Å². The second kappa shape index (κ2) is 4.73. The van der Waals surface area contributed by atoms with E-state index in [2.05, 4.69) is 20.8 Å². The smallest absolute Gasteiger partial charge is 0.0582 e. The highest BCUT2D eigenvalue weighted by Gasteiger charge is 2.15. The first kappa shape index (κ1) is 10.9. The number of hydrogen-bond donors (Lipinski definition) is 2. The van der Waals surface area contributed by atoms with Gasteiger partial charge in [0.15, 0.2) is 0 Å². The molecule has 0 aromatic carbocycles. The maximum Gasteiger partial charge on any atom is 0.0582 e. The van der Waals surface area contributed by atoms with Gasteiger partial charge in [0.1, 0.15) is 0 Å². The van der Waals surface area contributed by atoms with E-state index in [-0.39, 0.29) is 12.6 Å². The molecule has 1 unspecified atom stereocenters. The first-order chi connectivity index (χ1) is 5.02. The molecule has 0 saturated heterocycles. The fraction of sp³-hybridized carbons (Fsp3) is 1.00. The van der Waals surface area contributed by atoms with Crippen molar-refractivity contribution in [3.63, 3.8) is 0 Å². The van der Waals surface area contributed by atoms with Crippen molar-refractivity contribution in [1.29, 1.82) is 0 Å². The Morgan fingerprint density at radius 1 is 1.45 bits per heavy atom. The summed E-state index contributed by atoms with van der Waals surface area (Å²) in [6.45, 7) is 6.76. The second-order valence-electron chi connectivity index (χ2n) is 4.00. The summed E-state index contributed by atoms with van der Waals surface area (Å²) in [7, 11) is 0. The lowest BCUT2D eigenvalue weighted by Gasteiger charge is -2.23. The van der Waals surface area contributed by atoms with E-state index in [1.165, 1.54) is 6.42 Å². The third-order valence-electron chi connectivity index (χ3n) is 2.38. The lowest BCUT2D eigenvalue weighted by molar-refractivity contribution is 0.233. The number of rotatable bonds is 5. The van der Waals surface area contributed by atoms with Crippen LogP contribution >= 0.6 is 0 Å². The van der Waals surface area contributed by atoms with Gasteiger partial charge in [-0.1, -0.05) is 27.2 Å². The molecule has 0 fully saturated rings. The number of nitrogens with two attached hydrogens (primary N) is 1. The average molecular weight is 159 g/mol. The van der Waals surface area contributed by atoms with E-state index >= 15 is 0 Å². The predicted molar refractivity (Wildman–Crippen MR) is 48.4 cm³/mol. The van der Waals surface area contributed by atoms with Crippen LogP contribution in [0.3, 0.4) is 0 Å². The van der Waals surface area contributed by atoms with Crippen molar-refractivity contribution in [3.8, 4) is 0 Å². The Kier molecular flexibility index (Phi) is 4.69. The van der Waals surface area contributed by atoms with Crippen molar-refractivity contribution in [1.82, 2.24) is 0 Å². The zero-order chi connectivity index (χ0) is 8.91. The first-order valence-corrected chi connectivity index (χ1v) is 4.38. The summed E-state index contributed by atoms with van der Waals surface area (Å²) in [6.07, 6.45) is 3.20. The zero-order valence-corrected chi connectivity index (χ0v) is 7.93. The maximum absolute atomic E-state index is 8.68. The summed E-state index contributed by atoms with van der Waals surface area (Å²) >= 11 is 0. The Hall–Kier alpha value is -0.0800. The van der Waals surface area contributed by atoms with Crippen LogP contribution in [-0.2, 0) is 0 Å². The number of aliphatic hydroxyl groups excluding tert-OH is 1. The molecule has 68 valence electrons. The first-order valence-electron chi connectivity index (χ1n) is 4.38. The molecule has 11 heavy (non-hydrogen) atoms. The highest BCUT2D eigenvalue weighted by Crippen LogP contribution is 2.26. The van der Waals surface area contributed by atoms with Crippen LogP contribution in [0.5, 0.6) is 0 Å². The maximum atomic E-state index is 8.68. The molecule has 0 aliphatic heterocycles. The van der Waals surface area contributed by atoms with E-state index in [0.29, 0.717) is 5.41 Å². The molecule has 1 atom stereocenters. The molecule has 0 heterocycles. The fourth-order valence-corrected chi connectivity index (χ4v) is 0.844. The Balaban J connectivity index is 3.52. The zero-order valence-electron chi connectivity index (χ0n) is 7.93. The minimum atomic E-state index is -0.0270. The molecule has 2 heteroatoms. The van der Waals surface area contributed by atoms with E-state index in [1.54, 1.807) is 0 Å². The SMILES string of the molecule is CCC(C)(C)CCC(N)CO. The third kappa shape index (κ3) is 5.22. The van der Waals surface area contributed by atoms with Gasteiger partial charge in [-0.25, -0.2) is 0 Å². The molecule has 0 bridgehead atoms. The summed E-state index contributed by atoms with van der Waals surface area (Å²) in [4.78, 5) is 0.